The van der Waals surface area contributed by atoms with Crippen molar-refractivity contribution >= 4 is 17.8 Å². The Morgan fingerprint density at radius 3 is 2.50 bits per heavy atom. The average Bonchev–Trinajstić information content (AvgIpc) is 2.71. The number of carboxylic acid groups (broad SMARTS) is 2. The molecule has 8 nitrogen and oxygen atoms in total. The molecule has 0 aromatic carbocycles. The van der Waals surface area contributed by atoms with E-state index in [0.29, 0.717) is 13.0 Å². The van der Waals surface area contributed by atoms with Crippen LogP contribution in [0.3, 0.4) is 0 Å². The number of aliphatic carboxylic acids is 2. The van der Waals surface area contributed by atoms with Crippen LogP contribution in [0.1, 0.15) is 19.3 Å². The quantitative estimate of drug-likeness (QED) is 0.360. The monoisotopic (exact) mass is 259 g/mol. The number of amides is 1. The van der Waals surface area contributed by atoms with Crippen molar-refractivity contribution in [3.8, 4) is 0 Å². The molecule has 0 spiro atoms. The van der Waals surface area contributed by atoms with E-state index in [1.807, 2.05) is 0 Å². The maximum Gasteiger partial charge on any atom is 0.320 e. The molecule has 1 rings (SSSR count). The zero-order valence-corrected chi connectivity index (χ0v) is 9.76. The third-order valence-electron chi connectivity index (χ3n) is 2.84. The van der Waals surface area contributed by atoms with E-state index in [1.54, 1.807) is 0 Å². The third kappa shape index (κ3) is 4.30. The van der Waals surface area contributed by atoms with Gasteiger partial charge in [-0.15, -0.1) is 0 Å². The Bertz CT molecular complexity index is 346. The molecule has 18 heavy (non-hydrogen) atoms. The van der Waals surface area contributed by atoms with Crippen molar-refractivity contribution in [2.45, 2.75) is 37.4 Å². The van der Waals surface area contributed by atoms with Crippen molar-refractivity contribution in [3.05, 3.63) is 0 Å². The van der Waals surface area contributed by atoms with Gasteiger partial charge in [0, 0.05) is 19.0 Å². The van der Waals surface area contributed by atoms with E-state index in [0.717, 1.165) is 0 Å². The van der Waals surface area contributed by atoms with Crippen LogP contribution < -0.4 is 16.4 Å². The molecule has 3 atom stereocenters. The van der Waals surface area contributed by atoms with E-state index in [4.69, 9.17) is 15.9 Å². The highest BCUT2D eigenvalue weighted by molar-refractivity contribution is 5.77. The molecule has 0 aliphatic carbocycles. The first-order valence-electron chi connectivity index (χ1n) is 5.63. The van der Waals surface area contributed by atoms with Gasteiger partial charge in [0.05, 0.1) is 0 Å². The van der Waals surface area contributed by atoms with Crippen molar-refractivity contribution in [3.63, 3.8) is 0 Å². The molecule has 6 N–H and O–H groups in total. The number of primary amides is 1. The second-order valence-corrected chi connectivity index (χ2v) is 4.29. The largest absolute Gasteiger partial charge is 0.480 e. The summed E-state index contributed by atoms with van der Waals surface area (Å²) in [7, 11) is 0. The second kappa shape index (κ2) is 6.31. The Morgan fingerprint density at radius 2 is 2.06 bits per heavy atom. The highest BCUT2D eigenvalue weighted by Gasteiger charge is 2.31. The molecule has 0 saturated carbocycles. The maximum absolute atomic E-state index is 11.0. The fraction of sp³-hybridized carbons (Fsp3) is 0.700. The molecule has 0 aromatic rings. The molecule has 1 saturated heterocycles. The molecular formula is C10H17N3O5. The van der Waals surface area contributed by atoms with Gasteiger partial charge in [-0.3, -0.25) is 14.4 Å². The molecule has 0 radical (unpaired) electrons. The highest BCUT2D eigenvalue weighted by Crippen LogP contribution is 2.09. The van der Waals surface area contributed by atoms with E-state index in [2.05, 4.69) is 10.6 Å². The van der Waals surface area contributed by atoms with Crippen molar-refractivity contribution < 1.29 is 24.6 Å². The van der Waals surface area contributed by atoms with Crippen molar-refractivity contribution in [1.29, 1.82) is 0 Å². The van der Waals surface area contributed by atoms with Crippen LogP contribution in [-0.4, -0.2) is 52.7 Å². The highest BCUT2D eigenvalue weighted by atomic mass is 16.4. The first-order chi connectivity index (χ1) is 8.40. The molecule has 102 valence electrons. The van der Waals surface area contributed by atoms with Crippen LogP contribution in [0, 0.1) is 0 Å². The van der Waals surface area contributed by atoms with E-state index in [9.17, 15) is 14.4 Å². The molecular weight excluding hydrogens is 242 g/mol. The summed E-state index contributed by atoms with van der Waals surface area (Å²) >= 11 is 0. The lowest BCUT2D eigenvalue weighted by Gasteiger charge is -2.18. The minimum atomic E-state index is -1.07. The number of rotatable bonds is 7. The lowest BCUT2D eigenvalue weighted by atomic mass is 10.1. The van der Waals surface area contributed by atoms with Crippen LogP contribution in [0.2, 0.25) is 0 Å². The lowest BCUT2D eigenvalue weighted by molar-refractivity contribution is -0.140. The topological polar surface area (TPSA) is 142 Å². The summed E-state index contributed by atoms with van der Waals surface area (Å²) in [5, 5.41) is 23.3. The molecule has 8 heteroatoms. The minimum absolute atomic E-state index is 0.0214. The summed E-state index contributed by atoms with van der Waals surface area (Å²) in [5.41, 5.74) is 4.96. The number of carbonyl (C=O) groups is 3. The second-order valence-electron chi connectivity index (χ2n) is 4.29. The first-order valence-corrected chi connectivity index (χ1v) is 5.63. The molecule has 0 bridgehead atoms. The Kier molecular flexibility index (Phi) is 5.05. The fourth-order valence-corrected chi connectivity index (χ4v) is 1.90. The van der Waals surface area contributed by atoms with Gasteiger partial charge < -0.3 is 26.6 Å². The molecule has 1 fully saturated rings. The van der Waals surface area contributed by atoms with Crippen molar-refractivity contribution in [2.75, 3.05) is 6.54 Å². The van der Waals surface area contributed by atoms with Gasteiger partial charge in [-0.25, -0.2) is 0 Å². The van der Waals surface area contributed by atoms with Crippen LogP contribution in [0.4, 0.5) is 0 Å². The lowest BCUT2D eigenvalue weighted by Crippen LogP contribution is -2.44. The Balaban J connectivity index is 2.44. The van der Waals surface area contributed by atoms with Gasteiger partial charge >= 0.3 is 11.9 Å². The van der Waals surface area contributed by atoms with Crippen LogP contribution in [-0.2, 0) is 14.4 Å². The van der Waals surface area contributed by atoms with Gasteiger partial charge in [0.2, 0.25) is 5.91 Å². The fourth-order valence-electron chi connectivity index (χ4n) is 1.90. The average molecular weight is 259 g/mol. The standard InChI is InChI=1S/C10H17N3O5/c11-8(14)2-1-6(9(15)16)13-5-3-7(10(17)18)12-4-5/h5-7,12-13H,1-4H2,(H2,11,14)(H,15,16)(H,17,18)/t5?,6-,7-/m0/s1. The van der Waals surface area contributed by atoms with Crippen molar-refractivity contribution in [2.24, 2.45) is 5.73 Å². The molecule has 1 heterocycles. The maximum atomic E-state index is 11.0. The number of hydrogen-bond acceptors (Lipinski definition) is 5. The zero-order valence-electron chi connectivity index (χ0n) is 9.76. The zero-order chi connectivity index (χ0) is 13.7. The predicted molar refractivity (Wildman–Crippen MR) is 60.8 cm³/mol. The summed E-state index contributed by atoms with van der Waals surface area (Å²) in [5.74, 6) is -2.59. The third-order valence-corrected chi connectivity index (χ3v) is 2.84. The molecule has 1 aliphatic heterocycles. The number of nitrogens with two attached hydrogens (primary N) is 1. The normalized spacial score (nSPS) is 24.7. The van der Waals surface area contributed by atoms with E-state index < -0.39 is 29.9 Å². The Hall–Kier alpha value is -1.67. The summed E-state index contributed by atoms with van der Waals surface area (Å²) in [4.78, 5) is 32.3. The summed E-state index contributed by atoms with van der Waals surface area (Å²) < 4.78 is 0. The minimum Gasteiger partial charge on any atom is -0.480 e. The molecule has 1 unspecified atom stereocenters. The molecule has 1 amide bonds. The predicted octanol–water partition coefficient (Wildman–Crippen LogP) is -1.89. The Morgan fingerprint density at radius 1 is 1.39 bits per heavy atom. The Labute approximate surface area is 104 Å². The number of carboxylic acids is 2. The van der Waals surface area contributed by atoms with Crippen molar-refractivity contribution in [1.82, 2.24) is 10.6 Å². The van der Waals surface area contributed by atoms with Gasteiger partial charge in [-0.2, -0.15) is 0 Å². The van der Waals surface area contributed by atoms with E-state index >= 15 is 0 Å². The number of nitrogens with one attached hydrogen (secondary N) is 2. The summed E-state index contributed by atoms with van der Waals surface area (Å²) in [6, 6.07) is -1.79. The number of carbonyl (C=O) groups excluding carboxylic acids is 1. The molecule has 0 aromatic heterocycles. The van der Waals surface area contributed by atoms with Crippen LogP contribution in [0.5, 0.6) is 0 Å². The SMILES string of the molecule is NC(=O)CC[C@H](NC1CN[C@H](C(=O)O)C1)C(=O)O. The number of hydrogen-bond donors (Lipinski definition) is 5. The van der Waals surface area contributed by atoms with Gasteiger partial charge in [-0.1, -0.05) is 0 Å². The summed E-state index contributed by atoms with van der Waals surface area (Å²) in [6.45, 7) is 0.386. The van der Waals surface area contributed by atoms with E-state index in [-0.39, 0.29) is 18.9 Å². The van der Waals surface area contributed by atoms with Crippen LogP contribution in [0.15, 0.2) is 0 Å². The first kappa shape index (κ1) is 14.4. The van der Waals surface area contributed by atoms with E-state index in [1.165, 1.54) is 0 Å². The van der Waals surface area contributed by atoms with Gasteiger partial charge in [-0.05, 0) is 12.8 Å². The smallest absolute Gasteiger partial charge is 0.320 e. The molecule has 1 aliphatic rings. The van der Waals surface area contributed by atoms with Gasteiger partial charge in [0.1, 0.15) is 12.1 Å². The van der Waals surface area contributed by atoms with Gasteiger partial charge in [0.15, 0.2) is 0 Å². The van der Waals surface area contributed by atoms with Crippen LogP contribution in [0.25, 0.3) is 0 Å². The summed E-state index contributed by atoms with van der Waals surface area (Å²) in [6.07, 6.45) is 0.390. The van der Waals surface area contributed by atoms with Crippen LogP contribution >= 0.6 is 0 Å². The van der Waals surface area contributed by atoms with Gasteiger partial charge in [0.25, 0.3) is 0 Å².